The Morgan fingerprint density at radius 1 is 1.19 bits per heavy atom. The lowest BCUT2D eigenvalue weighted by Crippen LogP contribution is -2.49. The summed E-state index contributed by atoms with van der Waals surface area (Å²) in [7, 11) is -3.69. The quantitative estimate of drug-likeness (QED) is 0.830. The van der Waals surface area contributed by atoms with Crippen molar-refractivity contribution in [3.05, 3.63) is 47.3 Å². The van der Waals surface area contributed by atoms with E-state index in [0.29, 0.717) is 6.61 Å². The molecule has 2 heterocycles. The van der Waals surface area contributed by atoms with E-state index in [-0.39, 0.29) is 39.5 Å². The molecule has 1 aromatic heterocycles. The van der Waals surface area contributed by atoms with Gasteiger partial charge in [-0.3, -0.25) is 9.59 Å². The summed E-state index contributed by atoms with van der Waals surface area (Å²) in [6.07, 6.45) is -0.216. The fraction of sp³-hybridized carbons (Fsp3) is 0.294. The number of rotatable bonds is 5. The zero-order valence-corrected chi connectivity index (χ0v) is 15.3. The molecule has 1 aromatic carbocycles. The number of nitrogens with zero attached hydrogens (tertiary/aromatic N) is 1. The highest BCUT2D eigenvalue weighted by atomic mass is 32.2. The molecule has 1 amide bonds. The topological polar surface area (TPSA) is 101 Å². The van der Waals surface area contributed by atoms with Crippen molar-refractivity contribution in [3.63, 3.8) is 0 Å². The molecule has 1 atom stereocenters. The van der Waals surface area contributed by atoms with Gasteiger partial charge in [0.25, 0.3) is 5.91 Å². The third-order valence-electron chi connectivity index (χ3n) is 4.01. The number of aliphatic carboxylic acids is 1. The molecule has 1 saturated heterocycles. The number of ether oxygens (including phenoxy) is 1. The van der Waals surface area contributed by atoms with Gasteiger partial charge in [-0.05, 0) is 24.3 Å². The fourth-order valence-electron chi connectivity index (χ4n) is 2.73. The van der Waals surface area contributed by atoms with Gasteiger partial charge in [-0.1, -0.05) is 18.2 Å². The Bertz CT molecular complexity index is 906. The van der Waals surface area contributed by atoms with E-state index >= 15 is 0 Å². The lowest BCUT2D eigenvalue weighted by atomic mass is 10.1. The van der Waals surface area contributed by atoms with Crippen LogP contribution in [0.1, 0.15) is 16.1 Å². The van der Waals surface area contributed by atoms with Gasteiger partial charge in [-0.2, -0.15) is 0 Å². The molecule has 138 valence electrons. The smallest absolute Gasteiger partial charge is 0.305 e. The van der Waals surface area contributed by atoms with Crippen LogP contribution in [0.15, 0.2) is 51.6 Å². The third kappa shape index (κ3) is 3.79. The van der Waals surface area contributed by atoms with Crippen LogP contribution in [0.25, 0.3) is 0 Å². The lowest BCUT2D eigenvalue weighted by molar-refractivity contribution is -0.139. The zero-order valence-electron chi connectivity index (χ0n) is 13.7. The van der Waals surface area contributed by atoms with Crippen molar-refractivity contribution >= 4 is 33.1 Å². The first-order valence-electron chi connectivity index (χ1n) is 7.90. The van der Waals surface area contributed by atoms with Gasteiger partial charge in [0, 0.05) is 6.54 Å². The van der Waals surface area contributed by atoms with E-state index in [4.69, 9.17) is 9.84 Å². The Balaban J connectivity index is 1.85. The predicted octanol–water partition coefficient (Wildman–Crippen LogP) is 1.90. The van der Waals surface area contributed by atoms with Crippen LogP contribution < -0.4 is 0 Å². The van der Waals surface area contributed by atoms with Gasteiger partial charge in [-0.15, -0.1) is 11.3 Å². The maximum Gasteiger partial charge on any atom is 0.305 e. The van der Waals surface area contributed by atoms with E-state index in [1.807, 2.05) is 0 Å². The minimum atomic E-state index is -3.69. The van der Waals surface area contributed by atoms with E-state index < -0.39 is 21.8 Å². The first-order chi connectivity index (χ1) is 12.4. The summed E-state index contributed by atoms with van der Waals surface area (Å²) >= 11 is 0.890. The van der Waals surface area contributed by atoms with Crippen LogP contribution in [0.5, 0.6) is 0 Å². The summed E-state index contributed by atoms with van der Waals surface area (Å²) in [5.74, 6) is -1.39. The SMILES string of the molecule is O=C(O)CC1COCCN1C(=O)c1ccc(S(=O)(=O)c2ccccc2)s1. The minimum Gasteiger partial charge on any atom is -0.481 e. The van der Waals surface area contributed by atoms with Crippen molar-refractivity contribution in [2.45, 2.75) is 21.6 Å². The average molecular weight is 395 g/mol. The highest BCUT2D eigenvalue weighted by Crippen LogP contribution is 2.29. The molecule has 0 bridgehead atoms. The van der Waals surface area contributed by atoms with Crippen LogP contribution in [0.3, 0.4) is 0 Å². The highest BCUT2D eigenvalue weighted by Gasteiger charge is 2.31. The monoisotopic (exact) mass is 395 g/mol. The Morgan fingerprint density at radius 2 is 1.92 bits per heavy atom. The van der Waals surface area contributed by atoms with E-state index in [1.54, 1.807) is 18.2 Å². The largest absolute Gasteiger partial charge is 0.481 e. The van der Waals surface area contributed by atoms with Gasteiger partial charge in [0.2, 0.25) is 9.84 Å². The summed E-state index contributed by atoms with van der Waals surface area (Å²) in [5, 5.41) is 9.00. The number of carboxylic acids is 1. The van der Waals surface area contributed by atoms with Crippen molar-refractivity contribution in [1.82, 2.24) is 4.90 Å². The number of hydrogen-bond donors (Lipinski definition) is 1. The van der Waals surface area contributed by atoms with Crippen LogP contribution in [-0.2, 0) is 19.4 Å². The Morgan fingerprint density at radius 3 is 2.62 bits per heavy atom. The summed E-state index contributed by atoms with van der Waals surface area (Å²) in [5.41, 5.74) is 0. The molecule has 3 rings (SSSR count). The normalized spacial score (nSPS) is 17.8. The van der Waals surface area contributed by atoms with Crippen LogP contribution in [0, 0.1) is 0 Å². The van der Waals surface area contributed by atoms with Crippen molar-refractivity contribution in [1.29, 1.82) is 0 Å². The zero-order chi connectivity index (χ0) is 18.7. The number of benzene rings is 1. The van der Waals surface area contributed by atoms with Gasteiger partial charge >= 0.3 is 5.97 Å². The lowest BCUT2D eigenvalue weighted by Gasteiger charge is -2.34. The molecule has 1 unspecified atom stereocenters. The molecule has 0 saturated carbocycles. The van der Waals surface area contributed by atoms with E-state index in [0.717, 1.165) is 11.3 Å². The first kappa shape index (κ1) is 18.6. The number of carbonyl (C=O) groups excluding carboxylic acids is 1. The molecule has 9 heteroatoms. The number of morpholine rings is 1. The first-order valence-corrected chi connectivity index (χ1v) is 10.2. The Labute approximate surface area is 154 Å². The standard InChI is InChI=1S/C17H17NO6S2/c19-15(20)10-12-11-24-9-8-18(12)17(21)14-6-7-16(25-14)26(22,23)13-4-2-1-3-5-13/h1-7,12H,8-11H2,(H,19,20). The highest BCUT2D eigenvalue weighted by molar-refractivity contribution is 7.93. The molecule has 1 N–H and O–H groups in total. The summed E-state index contributed by atoms with van der Waals surface area (Å²) in [6, 6.07) is 10.3. The number of carbonyl (C=O) groups is 2. The summed E-state index contributed by atoms with van der Waals surface area (Å²) < 4.78 is 30.6. The summed E-state index contributed by atoms with van der Waals surface area (Å²) in [6.45, 7) is 0.746. The van der Waals surface area contributed by atoms with Gasteiger partial charge in [0.1, 0.15) is 4.21 Å². The molecule has 0 radical (unpaired) electrons. The Hall–Kier alpha value is -2.23. The minimum absolute atomic E-state index is 0.0788. The van der Waals surface area contributed by atoms with Crippen LogP contribution in [0.4, 0.5) is 0 Å². The molecule has 0 spiro atoms. The molecular weight excluding hydrogens is 378 g/mol. The molecule has 0 aliphatic carbocycles. The average Bonchev–Trinajstić information content (AvgIpc) is 3.13. The fourth-order valence-corrected chi connectivity index (χ4v) is 5.41. The number of sulfone groups is 1. The van der Waals surface area contributed by atoms with Crippen molar-refractivity contribution in [3.8, 4) is 0 Å². The second-order valence-electron chi connectivity index (χ2n) is 5.76. The van der Waals surface area contributed by atoms with E-state index in [9.17, 15) is 18.0 Å². The molecule has 7 nitrogen and oxygen atoms in total. The van der Waals surface area contributed by atoms with Crippen molar-refractivity contribution < 1.29 is 27.9 Å². The number of amides is 1. The summed E-state index contributed by atoms with van der Waals surface area (Å²) in [4.78, 5) is 25.6. The van der Waals surface area contributed by atoms with Crippen LogP contribution in [0.2, 0.25) is 0 Å². The number of hydrogen-bond acceptors (Lipinski definition) is 6. The van der Waals surface area contributed by atoms with Gasteiger partial charge < -0.3 is 14.7 Å². The Kier molecular flexibility index (Phi) is 5.40. The van der Waals surface area contributed by atoms with Crippen LogP contribution in [-0.4, -0.2) is 56.1 Å². The molecular formula is C17H17NO6S2. The molecule has 1 fully saturated rings. The molecule has 2 aromatic rings. The van der Waals surface area contributed by atoms with Crippen molar-refractivity contribution in [2.75, 3.05) is 19.8 Å². The van der Waals surface area contributed by atoms with Gasteiger partial charge in [0.05, 0.1) is 35.4 Å². The molecule has 26 heavy (non-hydrogen) atoms. The van der Waals surface area contributed by atoms with Crippen molar-refractivity contribution in [2.24, 2.45) is 0 Å². The van der Waals surface area contributed by atoms with E-state index in [1.165, 1.54) is 29.2 Å². The maximum atomic E-state index is 12.8. The van der Waals surface area contributed by atoms with E-state index in [2.05, 4.69) is 0 Å². The second-order valence-corrected chi connectivity index (χ2v) is 9.02. The molecule has 1 aliphatic rings. The predicted molar refractivity (Wildman–Crippen MR) is 94.1 cm³/mol. The number of thiophene rings is 1. The maximum absolute atomic E-state index is 12.8. The van der Waals surface area contributed by atoms with Gasteiger partial charge in [-0.25, -0.2) is 8.42 Å². The third-order valence-corrected chi connectivity index (χ3v) is 7.34. The second kappa shape index (κ2) is 7.56. The van der Waals surface area contributed by atoms with Gasteiger partial charge in [0.15, 0.2) is 0 Å². The van der Waals surface area contributed by atoms with Crippen LogP contribution >= 0.6 is 11.3 Å². The molecule has 1 aliphatic heterocycles. The number of carboxylic acid groups (broad SMARTS) is 1.